The van der Waals surface area contributed by atoms with E-state index >= 15 is 0 Å². The second-order valence-corrected chi connectivity index (χ2v) is 14.6. The van der Waals surface area contributed by atoms with Crippen molar-refractivity contribution in [2.75, 3.05) is 29.9 Å². The van der Waals surface area contributed by atoms with Crippen molar-refractivity contribution in [1.82, 2.24) is 39.9 Å². The van der Waals surface area contributed by atoms with Gasteiger partial charge in [0.25, 0.3) is 0 Å². The fourth-order valence-electron chi connectivity index (χ4n) is 7.76. The SMILES string of the molecule is O=C(NCc1cccc(O)c1)N[C@@H]1CCN(c2nc(NCC(c3ccc(O)cc3)c3ccc(O)cc3)c3ncn([C@@H]4C[C@H](n5cc(CO)cn5)[C@@H](O)[C@H]4O)c3n2)C1. The number of aromatic nitrogens is 6. The fraction of sp³-hybridized carbons (Fsp3) is 0.325. The van der Waals surface area contributed by atoms with Crippen LogP contribution in [-0.4, -0.2) is 104 Å². The van der Waals surface area contributed by atoms with Gasteiger partial charge in [-0.25, -0.2) is 9.78 Å². The first-order valence-electron chi connectivity index (χ1n) is 18.8. The molecule has 1 saturated heterocycles. The Morgan fingerprint density at radius 1 is 0.877 bits per heavy atom. The number of nitrogens with zero attached hydrogens (tertiary/aromatic N) is 7. The molecule has 3 aromatic heterocycles. The fourth-order valence-corrected chi connectivity index (χ4v) is 7.76. The summed E-state index contributed by atoms with van der Waals surface area (Å²) in [6, 6.07) is 18.8. The average molecular weight is 777 g/mol. The van der Waals surface area contributed by atoms with E-state index in [9.17, 15) is 35.4 Å². The maximum Gasteiger partial charge on any atom is 0.315 e. The number of aliphatic hydroxyl groups excluding tert-OH is 3. The van der Waals surface area contributed by atoms with E-state index in [1.165, 1.54) is 6.20 Å². The van der Waals surface area contributed by atoms with E-state index in [0.717, 1.165) is 16.7 Å². The number of imidazole rings is 1. The van der Waals surface area contributed by atoms with Crippen molar-refractivity contribution in [3.05, 3.63) is 114 Å². The van der Waals surface area contributed by atoms with Crippen molar-refractivity contribution in [3.8, 4) is 17.2 Å². The molecule has 9 N–H and O–H groups in total. The monoisotopic (exact) mass is 776 g/mol. The first-order valence-corrected chi connectivity index (χ1v) is 18.8. The quantitative estimate of drug-likeness (QED) is 0.0870. The van der Waals surface area contributed by atoms with Gasteiger partial charge < -0.3 is 56.1 Å². The van der Waals surface area contributed by atoms with Gasteiger partial charge in [-0.2, -0.15) is 15.1 Å². The third-order valence-electron chi connectivity index (χ3n) is 10.8. The summed E-state index contributed by atoms with van der Waals surface area (Å²) < 4.78 is 3.32. The predicted octanol–water partition coefficient (Wildman–Crippen LogP) is 2.86. The van der Waals surface area contributed by atoms with Crippen molar-refractivity contribution in [1.29, 1.82) is 0 Å². The van der Waals surface area contributed by atoms with Crippen LogP contribution < -0.4 is 20.9 Å². The molecule has 296 valence electrons. The van der Waals surface area contributed by atoms with E-state index in [0.29, 0.717) is 61.0 Å². The van der Waals surface area contributed by atoms with E-state index in [1.807, 2.05) is 35.2 Å². The number of anilines is 2. The number of hydrogen-bond acceptors (Lipinski definition) is 13. The molecule has 2 amide bonds. The zero-order valence-electron chi connectivity index (χ0n) is 30.8. The number of rotatable bonds is 12. The van der Waals surface area contributed by atoms with Gasteiger partial charge in [-0.15, -0.1) is 0 Å². The zero-order valence-corrected chi connectivity index (χ0v) is 30.8. The number of aliphatic hydroxyl groups is 3. The van der Waals surface area contributed by atoms with Crippen LogP contribution in [0.4, 0.5) is 16.6 Å². The van der Waals surface area contributed by atoms with Crippen LogP contribution in [0.1, 0.15) is 53.1 Å². The van der Waals surface area contributed by atoms with Gasteiger partial charge >= 0.3 is 6.03 Å². The molecule has 2 aliphatic rings. The van der Waals surface area contributed by atoms with Gasteiger partial charge in [-0.05, 0) is 65.9 Å². The molecule has 5 atom stereocenters. The standard InChI is InChI=1S/C40H44N10O7/c51-21-24-17-44-50(19-24)33-15-32(35(55)36(33)56)49-22-43-34-37(41-18-31(25-4-8-28(52)9-5-25)26-6-10-29(53)11-7-26)46-39(47-38(34)49)48-13-12-27(20-48)45-40(57)42-16-23-2-1-3-30(54)14-23/h1-11,14,17,19,22,27,31-33,35-36,51-56H,12-13,15-16,18,20-21H2,(H,41,46,47)(H2,42,45,57)/t27-,32-,33+,35+,36-/m1/s1. The molecule has 0 bridgehead atoms. The molecule has 0 spiro atoms. The van der Waals surface area contributed by atoms with E-state index in [-0.39, 0.29) is 48.4 Å². The van der Waals surface area contributed by atoms with Crippen LogP contribution in [0, 0.1) is 0 Å². The largest absolute Gasteiger partial charge is 0.508 e. The maximum atomic E-state index is 12.9. The minimum Gasteiger partial charge on any atom is -0.508 e. The molecule has 17 heteroatoms. The number of urea groups is 1. The van der Waals surface area contributed by atoms with Gasteiger partial charge in [0.2, 0.25) is 5.95 Å². The van der Waals surface area contributed by atoms with Gasteiger partial charge in [-0.1, -0.05) is 36.4 Å². The Kier molecular flexibility index (Phi) is 10.5. The Morgan fingerprint density at radius 2 is 1.60 bits per heavy atom. The summed E-state index contributed by atoms with van der Waals surface area (Å²) in [7, 11) is 0. The summed E-state index contributed by atoms with van der Waals surface area (Å²) >= 11 is 0. The van der Waals surface area contributed by atoms with Crippen LogP contribution in [0.3, 0.4) is 0 Å². The summed E-state index contributed by atoms with van der Waals surface area (Å²) in [5.41, 5.74) is 4.06. The van der Waals surface area contributed by atoms with Gasteiger partial charge in [0.1, 0.15) is 29.5 Å². The van der Waals surface area contributed by atoms with Crippen molar-refractivity contribution < 1.29 is 35.4 Å². The number of aromatic hydroxyl groups is 3. The minimum absolute atomic E-state index is 0.123. The molecule has 57 heavy (non-hydrogen) atoms. The molecule has 6 aromatic rings. The molecule has 0 radical (unpaired) electrons. The highest BCUT2D eigenvalue weighted by atomic mass is 16.3. The molecule has 1 aliphatic carbocycles. The molecule has 2 fully saturated rings. The number of fused-ring (bicyclic) bond motifs is 1. The second kappa shape index (κ2) is 16.0. The molecule has 8 rings (SSSR count). The summed E-state index contributed by atoms with van der Waals surface area (Å²) in [6.07, 6.45) is 3.36. The molecule has 3 aromatic carbocycles. The first-order chi connectivity index (χ1) is 27.6. The number of carbonyl (C=O) groups is 1. The van der Waals surface area contributed by atoms with Crippen LogP contribution in [0.2, 0.25) is 0 Å². The van der Waals surface area contributed by atoms with Crippen LogP contribution >= 0.6 is 0 Å². The lowest BCUT2D eigenvalue weighted by Crippen LogP contribution is -2.43. The van der Waals surface area contributed by atoms with E-state index < -0.39 is 24.3 Å². The Bertz CT molecular complexity index is 2290. The maximum absolute atomic E-state index is 12.9. The molecular weight excluding hydrogens is 733 g/mol. The normalized spacial score (nSPS) is 20.7. The third kappa shape index (κ3) is 7.98. The summed E-state index contributed by atoms with van der Waals surface area (Å²) in [4.78, 5) is 29.5. The van der Waals surface area contributed by atoms with Crippen molar-refractivity contribution in [2.45, 2.75) is 62.2 Å². The van der Waals surface area contributed by atoms with Crippen LogP contribution in [-0.2, 0) is 13.2 Å². The lowest BCUT2D eigenvalue weighted by molar-refractivity contribution is 0.00720. The number of nitrogens with one attached hydrogen (secondary N) is 3. The van der Waals surface area contributed by atoms with Crippen LogP contribution in [0.25, 0.3) is 11.2 Å². The van der Waals surface area contributed by atoms with Gasteiger partial charge in [0.15, 0.2) is 17.0 Å². The second-order valence-electron chi connectivity index (χ2n) is 14.6. The van der Waals surface area contributed by atoms with Crippen molar-refractivity contribution >= 4 is 29.0 Å². The third-order valence-corrected chi connectivity index (χ3v) is 10.8. The Morgan fingerprint density at radius 3 is 2.28 bits per heavy atom. The highest BCUT2D eigenvalue weighted by Gasteiger charge is 2.44. The summed E-state index contributed by atoms with van der Waals surface area (Å²) in [5, 5.41) is 75.6. The minimum atomic E-state index is -1.18. The number of benzene rings is 3. The number of amides is 2. The highest BCUT2D eigenvalue weighted by Crippen LogP contribution is 2.40. The molecular formula is C40H44N10O7. The number of carbonyl (C=O) groups excluding carboxylic acids is 1. The van der Waals surface area contributed by atoms with Gasteiger partial charge in [0, 0.05) is 49.9 Å². The lowest BCUT2D eigenvalue weighted by Gasteiger charge is -2.22. The zero-order chi connectivity index (χ0) is 39.6. The smallest absolute Gasteiger partial charge is 0.315 e. The molecule has 17 nitrogen and oxygen atoms in total. The van der Waals surface area contributed by atoms with Crippen molar-refractivity contribution in [2.24, 2.45) is 0 Å². The Balaban J connectivity index is 1.08. The van der Waals surface area contributed by atoms with Gasteiger partial charge in [0.05, 0.1) is 31.2 Å². The Labute approximate surface area is 326 Å². The topological polar surface area (TPSA) is 239 Å². The number of phenolic OH excluding ortho intramolecular Hbond substituents is 3. The average Bonchev–Trinajstić information content (AvgIpc) is 4.03. The highest BCUT2D eigenvalue weighted by molar-refractivity contribution is 5.84. The first kappa shape index (κ1) is 37.5. The van der Waals surface area contributed by atoms with Crippen LogP contribution in [0.15, 0.2) is 91.5 Å². The number of phenols is 3. The molecule has 1 saturated carbocycles. The molecule has 4 heterocycles. The summed E-state index contributed by atoms with van der Waals surface area (Å²) in [6.45, 7) is 1.35. The van der Waals surface area contributed by atoms with Crippen molar-refractivity contribution in [3.63, 3.8) is 0 Å². The van der Waals surface area contributed by atoms with E-state index in [1.54, 1.807) is 64.2 Å². The number of hydrogen-bond donors (Lipinski definition) is 9. The van der Waals surface area contributed by atoms with Crippen LogP contribution in [0.5, 0.6) is 17.2 Å². The molecule has 0 unspecified atom stereocenters. The van der Waals surface area contributed by atoms with E-state index in [2.05, 4.69) is 21.0 Å². The van der Waals surface area contributed by atoms with E-state index in [4.69, 9.17) is 15.0 Å². The predicted molar refractivity (Wildman–Crippen MR) is 209 cm³/mol. The Hall–Kier alpha value is -6.43. The summed E-state index contributed by atoms with van der Waals surface area (Å²) in [5.74, 6) is 0.980. The lowest BCUT2D eigenvalue weighted by atomic mass is 9.91. The van der Waals surface area contributed by atoms with Gasteiger partial charge in [-0.3, -0.25) is 4.68 Å². The molecule has 1 aliphatic heterocycles.